The number of nitrogens with one attached hydrogen (secondary N) is 2. The highest BCUT2D eigenvalue weighted by molar-refractivity contribution is 6.20. The number of carbonyl (C=O) groups is 2. The number of nitrogens with zero attached hydrogens (tertiary/aromatic N) is 3. The molecule has 0 radical (unpaired) electrons. The van der Waals surface area contributed by atoms with E-state index in [1.54, 1.807) is 6.92 Å². The number of likely N-dealkylation sites (tertiary alicyclic amines) is 2. The van der Waals surface area contributed by atoms with Crippen molar-refractivity contribution in [2.24, 2.45) is 52.6 Å². The van der Waals surface area contributed by atoms with Crippen LogP contribution in [0, 0.1) is 58.2 Å². The van der Waals surface area contributed by atoms with E-state index in [1.165, 1.54) is 70.6 Å². The van der Waals surface area contributed by atoms with Crippen molar-refractivity contribution in [3.05, 3.63) is 36.2 Å². The van der Waals surface area contributed by atoms with Gasteiger partial charge in [0.2, 0.25) is 11.8 Å². The summed E-state index contributed by atoms with van der Waals surface area (Å²) >= 11 is 5.83. The molecule has 4 N–H and O–H groups in total. The third-order valence-corrected chi connectivity index (χ3v) is 16.0. The number of amides is 2. The second-order valence-corrected chi connectivity index (χ2v) is 22.7. The lowest BCUT2D eigenvalue weighted by atomic mass is 9.65. The summed E-state index contributed by atoms with van der Waals surface area (Å²) in [5.74, 6) is 4.24. The number of nitriles is 1. The number of carbonyl (C=O) groups excluding carboxylic acids is 2. The molecular weight excluding hydrogens is 892 g/mol. The molecule has 0 bridgehead atoms. The summed E-state index contributed by atoms with van der Waals surface area (Å²) in [7, 11) is 0. The first kappa shape index (κ1) is 57.2. The van der Waals surface area contributed by atoms with E-state index in [1.807, 2.05) is 6.08 Å². The van der Waals surface area contributed by atoms with Crippen LogP contribution >= 0.6 is 11.6 Å². The minimum absolute atomic E-state index is 0.0468. The van der Waals surface area contributed by atoms with E-state index in [0.29, 0.717) is 126 Å². The van der Waals surface area contributed by atoms with Crippen molar-refractivity contribution in [3.8, 4) is 6.07 Å². The first-order chi connectivity index (χ1) is 33.2. The van der Waals surface area contributed by atoms with Gasteiger partial charge in [-0.3, -0.25) is 9.59 Å². The van der Waals surface area contributed by atoms with E-state index in [2.05, 4.69) is 60.4 Å². The topological polar surface area (TPSA) is 161 Å². The Morgan fingerprint density at radius 1 is 0.681 bits per heavy atom. The van der Waals surface area contributed by atoms with Crippen LogP contribution in [0.25, 0.3) is 0 Å². The van der Waals surface area contributed by atoms with Gasteiger partial charge in [0.25, 0.3) is 0 Å². The van der Waals surface area contributed by atoms with Crippen LogP contribution < -0.4 is 16.4 Å². The van der Waals surface area contributed by atoms with E-state index < -0.39 is 0 Å². The number of fused-ring (bicyclic) bond motifs is 1. The molecule has 6 aliphatic rings. The van der Waals surface area contributed by atoms with E-state index in [4.69, 9.17) is 41.0 Å². The van der Waals surface area contributed by atoms with Crippen LogP contribution in [0.1, 0.15) is 130 Å². The van der Waals surface area contributed by atoms with E-state index in [-0.39, 0.29) is 23.1 Å². The zero-order chi connectivity index (χ0) is 49.6. The molecular formula is C55H93ClN6O7. The molecule has 0 spiro atoms. The Kier molecular flexibility index (Phi) is 25.2. The number of alkyl halides is 1. The monoisotopic (exact) mass is 985 g/mol. The van der Waals surface area contributed by atoms with Crippen LogP contribution in [0.15, 0.2) is 36.2 Å². The zero-order valence-electron chi connectivity index (χ0n) is 43.3. The normalized spacial score (nSPS) is 28.7. The maximum atomic E-state index is 13.2. The van der Waals surface area contributed by atoms with Gasteiger partial charge in [-0.2, -0.15) is 5.26 Å². The van der Waals surface area contributed by atoms with Crippen LogP contribution in [0.3, 0.4) is 0 Å². The molecule has 5 unspecified atom stereocenters. The molecule has 0 aromatic carbocycles. The molecule has 4 aliphatic carbocycles. The Labute approximate surface area is 422 Å². The molecule has 0 aromatic heterocycles. The van der Waals surface area contributed by atoms with Crippen molar-refractivity contribution in [1.82, 2.24) is 20.4 Å². The van der Waals surface area contributed by atoms with E-state index >= 15 is 0 Å². The van der Waals surface area contributed by atoms with Crippen LogP contribution in [-0.2, 0) is 33.3 Å². The van der Waals surface area contributed by atoms with Crippen molar-refractivity contribution < 1.29 is 33.3 Å². The highest BCUT2D eigenvalue weighted by atomic mass is 35.5. The summed E-state index contributed by atoms with van der Waals surface area (Å²) in [6.07, 6.45) is 21.1. The molecule has 5 atom stereocenters. The molecule has 6 fully saturated rings. The number of hydrogen-bond donors (Lipinski definition) is 3. The molecule has 2 amide bonds. The summed E-state index contributed by atoms with van der Waals surface area (Å²) in [5.41, 5.74) is 8.00. The van der Waals surface area contributed by atoms with Crippen LogP contribution in [-0.4, -0.2) is 138 Å². The lowest BCUT2D eigenvalue weighted by Gasteiger charge is -2.48. The van der Waals surface area contributed by atoms with Crippen molar-refractivity contribution >= 4 is 23.4 Å². The lowest BCUT2D eigenvalue weighted by molar-refractivity contribution is -0.136. The molecule has 2 heterocycles. The number of hydrogen-bond acceptors (Lipinski definition) is 11. The van der Waals surface area contributed by atoms with E-state index in [0.717, 1.165) is 75.0 Å². The Bertz CT molecular complexity index is 1620. The third kappa shape index (κ3) is 20.7. The van der Waals surface area contributed by atoms with Gasteiger partial charge in [-0.15, -0.1) is 11.6 Å². The second-order valence-electron chi connectivity index (χ2n) is 22.1. The summed E-state index contributed by atoms with van der Waals surface area (Å²) < 4.78 is 28.3. The summed E-state index contributed by atoms with van der Waals surface area (Å²) in [4.78, 5) is 29.6. The average Bonchev–Trinajstić information content (AvgIpc) is 4.20. The van der Waals surface area contributed by atoms with Crippen molar-refractivity contribution in [2.45, 2.75) is 148 Å². The molecule has 14 heteroatoms. The molecule has 2 aliphatic heterocycles. The Morgan fingerprint density at radius 2 is 1.22 bits per heavy atom. The van der Waals surface area contributed by atoms with Gasteiger partial charge < -0.3 is 49.9 Å². The quantitative estimate of drug-likeness (QED) is 0.0349. The minimum atomic E-state index is -0.131. The maximum Gasteiger partial charge on any atom is 0.224 e. The first-order valence-corrected chi connectivity index (χ1v) is 27.5. The van der Waals surface area contributed by atoms with Crippen LogP contribution in [0.4, 0.5) is 0 Å². The Balaban J connectivity index is 0.00000100. The fourth-order valence-electron chi connectivity index (χ4n) is 11.6. The zero-order valence-corrected chi connectivity index (χ0v) is 44.1. The summed E-state index contributed by atoms with van der Waals surface area (Å²) in [6.45, 7) is 25.3. The van der Waals surface area contributed by atoms with Gasteiger partial charge in [-0.25, -0.2) is 0 Å². The predicted octanol–water partition coefficient (Wildman–Crippen LogP) is 8.38. The maximum absolute atomic E-state index is 13.2. The standard InChI is InChI=1S/C49H81N5O7.C6H12ClN/c1-36(39-9-11-40(12-10-39)42-15-16-47-43(30-42)8-7-19-54(47)38(3)55)51-17-20-57-22-24-59-26-28-61-29-27-60-25-23-58-21-18-52-48(56)45-31-44(41-13-14-41)34-53(35-45)37(2)46(33-50)32-49(4,5)6;7-5-1-3-6(8)4-2-5/h32,39-45,47,51H,1-2,7-31,34-35H2,3-6H3,(H,52,56);5-6H,1-4,8H2/b46-32+;. The number of rotatable bonds is 25. The van der Waals surface area contributed by atoms with Crippen molar-refractivity contribution in [1.29, 1.82) is 5.26 Å². The minimum Gasteiger partial charge on any atom is -0.386 e. The third-order valence-electron chi connectivity index (χ3n) is 15.6. The molecule has 2 saturated heterocycles. The Hall–Kier alpha value is -2.70. The highest BCUT2D eigenvalue weighted by Gasteiger charge is 2.42. The van der Waals surface area contributed by atoms with Crippen LogP contribution in [0.2, 0.25) is 0 Å². The predicted molar refractivity (Wildman–Crippen MR) is 275 cm³/mol. The highest BCUT2D eigenvalue weighted by Crippen LogP contribution is 2.46. The molecule has 4 saturated carbocycles. The largest absolute Gasteiger partial charge is 0.386 e. The number of allylic oxidation sites excluding steroid dienone is 3. The average molecular weight is 986 g/mol. The van der Waals surface area contributed by atoms with Gasteiger partial charge in [0.1, 0.15) is 6.07 Å². The molecule has 13 nitrogen and oxygen atoms in total. The fourth-order valence-corrected chi connectivity index (χ4v) is 11.8. The van der Waals surface area contributed by atoms with Crippen molar-refractivity contribution in [3.63, 3.8) is 0 Å². The van der Waals surface area contributed by atoms with Gasteiger partial charge >= 0.3 is 0 Å². The van der Waals surface area contributed by atoms with Gasteiger partial charge in [0.15, 0.2) is 0 Å². The van der Waals surface area contributed by atoms with E-state index in [9.17, 15) is 14.9 Å². The SMILES string of the molecule is C=C(NCCOCCOCCOCCOCCOCCNC(=O)C1CC(C2CC2)CN(C(=C)/C(C#N)=C/C(C)(C)C)C1)C1CCC(C2CCC3C(CCCN3C(C)=O)C2)CC1.NC1CCC(Cl)CC1. The number of nitrogens with two attached hydrogens (primary N) is 1. The lowest BCUT2D eigenvalue weighted by Crippen LogP contribution is -2.50. The van der Waals surface area contributed by atoms with Crippen LogP contribution in [0.5, 0.6) is 0 Å². The fraction of sp³-hybridized carbons (Fsp3) is 0.836. The number of piperidine rings is 2. The summed E-state index contributed by atoms with van der Waals surface area (Å²) in [5, 5.41) is 16.8. The molecule has 6 rings (SSSR count). The van der Waals surface area contributed by atoms with Gasteiger partial charge in [-0.1, -0.05) is 40.0 Å². The van der Waals surface area contributed by atoms with Gasteiger partial charge in [0.05, 0.1) is 77.6 Å². The Morgan fingerprint density at radius 3 is 1.75 bits per heavy atom. The number of ether oxygens (including phenoxy) is 5. The smallest absolute Gasteiger partial charge is 0.224 e. The van der Waals surface area contributed by atoms with Crippen molar-refractivity contribution in [2.75, 3.05) is 98.8 Å². The van der Waals surface area contributed by atoms with Gasteiger partial charge in [0, 0.05) is 68.5 Å². The second kappa shape index (κ2) is 30.4. The molecule has 69 heavy (non-hydrogen) atoms. The van der Waals surface area contributed by atoms with Gasteiger partial charge in [-0.05, 0) is 144 Å². The molecule has 0 aromatic rings. The number of halogens is 1. The summed E-state index contributed by atoms with van der Waals surface area (Å²) in [6, 6.07) is 3.27. The first-order valence-electron chi connectivity index (χ1n) is 27.0. The molecule has 392 valence electrons.